The Labute approximate surface area is 111 Å². The highest BCUT2D eigenvalue weighted by Crippen LogP contribution is 2.06. The van der Waals surface area contributed by atoms with Crippen LogP contribution in [0.5, 0.6) is 0 Å². The lowest BCUT2D eigenvalue weighted by molar-refractivity contribution is -0.123. The summed E-state index contributed by atoms with van der Waals surface area (Å²) in [5.74, 6) is -1.04. The third kappa shape index (κ3) is 5.20. The average molecular weight is 264 g/mol. The molecule has 1 aromatic carbocycles. The summed E-state index contributed by atoms with van der Waals surface area (Å²) in [6, 6.07) is 6.60. The minimum Gasteiger partial charge on any atom is -0.452 e. The largest absolute Gasteiger partial charge is 0.452 e. The van der Waals surface area contributed by atoms with Crippen LogP contribution < -0.4 is 10.6 Å². The molecule has 102 valence electrons. The predicted molar refractivity (Wildman–Crippen MR) is 68.3 cm³/mol. The molecule has 0 aliphatic heterocycles. The topological polar surface area (TPSA) is 84.5 Å². The zero-order valence-electron chi connectivity index (χ0n) is 10.9. The summed E-state index contributed by atoms with van der Waals surface area (Å²) in [5, 5.41) is 5.00. The van der Waals surface area contributed by atoms with E-state index in [1.165, 1.54) is 14.0 Å². The van der Waals surface area contributed by atoms with Gasteiger partial charge in [0.1, 0.15) is 0 Å². The highest BCUT2D eigenvalue weighted by Gasteiger charge is 2.09. The van der Waals surface area contributed by atoms with Crippen molar-refractivity contribution in [3.63, 3.8) is 0 Å². The first-order valence-electron chi connectivity index (χ1n) is 5.74. The van der Waals surface area contributed by atoms with Gasteiger partial charge in [-0.05, 0) is 17.7 Å². The van der Waals surface area contributed by atoms with Gasteiger partial charge in [0, 0.05) is 20.5 Å². The third-order valence-electron chi connectivity index (χ3n) is 2.34. The molecule has 19 heavy (non-hydrogen) atoms. The van der Waals surface area contributed by atoms with Gasteiger partial charge in [0.25, 0.3) is 5.91 Å². The van der Waals surface area contributed by atoms with Crippen molar-refractivity contribution in [2.24, 2.45) is 0 Å². The van der Waals surface area contributed by atoms with Gasteiger partial charge >= 0.3 is 5.97 Å². The monoisotopic (exact) mass is 264 g/mol. The normalized spacial score (nSPS) is 9.58. The van der Waals surface area contributed by atoms with Crippen LogP contribution in [-0.4, -0.2) is 31.4 Å². The van der Waals surface area contributed by atoms with E-state index in [0.717, 1.165) is 5.56 Å². The van der Waals surface area contributed by atoms with E-state index in [1.807, 2.05) is 0 Å². The van der Waals surface area contributed by atoms with Crippen molar-refractivity contribution in [3.05, 3.63) is 35.4 Å². The quantitative estimate of drug-likeness (QED) is 0.745. The zero-order chi connectivity index (χ0) is 14.3. The summed E-state index contributed by atoms with van der Waals surface area (Å²) in [6.45, 7) is 1.54. The molecule has 1 rings (SSSR count). The number of hydrogen-bond donors (Lipinski definition) is 2. The molecule has 0 saturated carbocycles. The highest BCUT2D eigenvalue weighted by atomic mass is 16.5. The van der Waals surface area contributed by atoms with Crippen molar-refractivity contribution < 1.29 is 19.1 Å². The molecule has 0 saturated heterocycles. The van der Waals surface area contributed by atoms with E-state index in [2.05, 4.69) is 10.6 Å². The molecule has 0 aliphatic rings. The third-order valence-corrected chi connectivity index (χ3v) is 2.34. The summed E-state index contributed by atoms with van der Waals surface area (Å²) < 4.78 is 4.80. The molecule has 0 aliphatic carbocycles. The van der Waals surface area contributed by atoms with Crippen LogP contribution in [0.3, 0.4) is 0 Å². The number of amides is 2. The maximum absolute atomic E-state index is 11.6. The maximum Gasteiger partial charge on any atom is 0.338 e. The molecule has 0 bridgehead atoms. The van der Waals surface area contributed by atoms with Gasteiger partial charge < -0.3 is 15.4 Å². The molecular formula is C13H16N2O4. The first-order chi connectivity index (χ1) is 9.02. The lowest BCUT2D eigenvalue weighted by Gasteiger charge is -2.05. The number of likely N-dealkylation sites (N-methyl/N-ethyl adjacent to an activating group) is 1. The second kappa shape index (κ2) is 7.15. The Morgan fingerprint density at radius 3 is 2.32 bits per heavy atom. The van der Waals surface area contributed by atoms with E-state index in [0.29, 0.717) is 12.1 Å². The fourth-order valence-electron chi connectivity index (χ4n) is 1.27. The maximum atomic E-state index is 11.6. The molecule has 0 unspecified atom stereocenters. The molecule has 0 radical (unpaired) electrons. The predicted octanol–water partition coefficient (Wildman–Crippen LogP) is 0.225. The van der Waals surface area contributed by atoms with Crippen LogP contribution in [0.1, 0.15) is 22.8 Å². The van der Waals surface area contributed by atoms with Crippen molar-refractivity contribution in [2.45, 2.75) is 13.5 Å². The van der Waals surface area contributed by atoms with Crippen molar-refractivity contribution in [3.8, 4) is 0 Å². The van der Waals surface area contributed by atoms with Crippen molar-refractivity contribution >= 4 is 17.8 Å². The van der Waals surface area contributed by atoms with Crippen molar-refractivity contribution in [1.82, 2.24) is 10.6 Å². The van der Waals surface area contributed by atoms with Gasteiger partial charge in [-0.2, -0.15) is 0 Å². The number of rotatable bonds is 5. The van der Waals surface area contributed by atoms with Gasteiger partial charge in [0.15, 0.2) is 6.61 Å². The number of carbonyl (C=O) groups excluding carboxylic acids is 3. The number of benzene rings is 1. The van der Waals surface area contributed by atoms with E-state index in [4.69, 9.17) is 4.74 Å². The van der Waals surface area contributed by atoms with E-state index in [9.17, 15) is 14.4 Å². The molecule has 0 heterocycles. The Hall–Kier alpha value is -2.37. The van der Waals surface area contributed by atoms with Crippen molar-refractivity contribution in [1.29, 1.82) is 0 Å². The first kappa shape index (κ1) is 14.7. The Bertz CT molecular complexity index is 468. The summed E-state index contributed by atoms with van der Waals surface area (Å²) in [6.07, 6.45) is 0. The van der Waals surface area contributed by atoms with E-state index >= 15 is 0 Å². The number of nitrogens with one attached hydrogen (secondary N) is 2. The SMILES string of the molecule is CNC(=O)COC(=O)c1ccc(CNC(C)=O)cc1. The molecule has 1 aromatic rings. The summed E-state index contributed by atoms with van der Waals surface area (Å²) >= 11 is 0. The van der Waals surface area contributed by atoms with Crippen LogP contribution in [0, 0.1) is 0 Å². The van der Waals surface area contributed by atoms with E-state index in [1.54, 1.807) is 24.3 Å². The van der Waals surface area contributed by atoms with Gasteiger partial charge in [-0.1, -0.05) is 12.1 Å². The minimum absolute atomic E-state index is 0.117. The number of ether oxygens (including phenoxy) is 1. The molecule has 0 aromatic heterocycles. The van der Waals surface area contributed by atoms with Gasteiger partial charge in [-0.25, -0.2) is 4.79 Å². The Kier molecular flexibility index (Phi) is 5.53. The Morgan fingerprint density at radius 1 is 1.16 bits per heavy atom. The summed E-state index contributed by atoms with van der Waals surface area (Å²) in [5.41, 5.74) is 1.23. The Morgan fingerprint density at radius 2 is 1.79 bits per heavy atom. The molecule has 6 heteroatoms. The molecule has 2 N–H and O–H groups in total. The van der Waals surface area contributed by atoms with E-state index < -0.39 is 5.97 Å². The van der Waals surface area contributed by atoms with Gasteiger partial charge in [0.05, 0.1) is 5.56 Å². The van der Waals surface area contributed by atoms with Crippen LogP contribution in [0.25, 0.3) is 0 Å². The molecule has 0 atom stereocenters. The molecule has 0 spiro atoms. The van der Waals surface area contributed by atoms with Gasteiger partial charge in [0.2, 0.25) is 5.91 Å². The molecule has 6 nitrogen and oxygen atoms in total. The number of carbonyl (C=O) groups is 3. The minimum atomic E-state index is -0.560. The smallest absolute Gasteiger partial charge is 0.338 e. The van der Waals surface area contributed by atoms with Gasteiger partial charge in [-0.15, -0.1) is 0 Å². The average Bonchev–Trinajstić information content (AvgIpc) is 2.42. The first-order valence-corrected chi connectivity index (χ1v) is 5.74. The molecule has 0 fully saturated rings. The Balaban J connectivity index is 2.53. The van der Waals surface area contributed by atoms with Crippen LogP contribution >= 0.6 is 0 Å². The number of hydrogen-bond acceptors (Lipinski definition) is 4. The van der Waals surface area contributed by atoms with Crippen LogP contribution in [0.4, 0.5) is 0 Å². The summed E-state index contributed by atoms with van der Waals surface area (Å²) in [4.78, 5) is 33.2. The lowest BCUT2D eigenvalue weighted by Crippen LogP contribution is -2.25. The highest BCUT2D eigenvalue weighted by molar-refractivity contribution is 5.91. The fourth-order valence-corrected chi connectivity index (χ4v) is 1.27. The zero-order valence-corrected chi connectivity index (χ0v) is 10.9. The lowest BCUT2D eigenvalue weighted by atomic mass is 10.1. The van der Waals surface area contributed by atoms with Crippen molar-refractivity contribution in [2.75, 3.05) is 13.7 Å². The summed E-state index contributed by atoms with van der Waals surface area (Å²) in [7, 11) is 1.47. The molecule has 2 amide bonds. The van der Waals surface area contributed by atoms with Crippen LogP contribution in [-0.2, 0) is 20.9 Å². The van der Waals surface area contributed by atoms with Crippen LogP contribution in [0.2, 0.25) is 0 Å². The fraction of sp³-hybridized carbons (Fsp3) is 0.308. The standard InChI is InChI=1S/C13H16N2O4/c1-9(16)15-7-10-3-5-11(6-4-10)13(18)19-8-12(17)14-2/h3-6H,7-8H2,1-2H3,(H,14,17)(H,15,16). The number of esters is 1. The second-order valence-corrected chi connectivity index (χ2v) is 3.86. The van der Waals surface area contributed by atoms with Gasteiger partial charge in [-0.3, -0.25) is 9.59 Å². The van der Waals surface area contributed by atoms with E-state index in [-0.39, 0.29) is 18.4 Å². The van der Waals surface area contributed by atoms with Crippen LogP contribution in [0.15, 0.2) is 24.3 Å². The molecular weight excluding hydrogens is 248 g/mol. The second-order valence-electron chi connectivity index (χ2n) is 3.86.